The molecule has 2 heterocycles. The van der Waals surface area contributed by atoms with Crippen LogP contribution in [0.5, 0.6) is 5.75 Å². The Morgan fingerprint density at radius 1 is 1.35 bits per heavy atom. The molecule has 1 aliphatic heterocycles. The van der Waals surface area contributed by atoms with Crippen LogP contribution in [0.1, 0.15) is 17.9 Å². The van der Waals surface area contributed by atoms with E-state index < -0.39 is 0 Å². The molecule has 3 rings (SSSR count). The molecule has 1 aromatic carbocycles. The maximum Gasteiger partial charge on any atom is 0.232 e. The second-order valence-corrected chi connectivity index (χ2v) is 5.43. The molecule has 2 aromatic rings. The van der Waals surface area contributed by atoms with Crippen molar-refractivity contribution in [3.05, 3.63) is 52.8 Å². The smallest absolute Gasteiger partial charge is 0.232 e. The van der Waals surface area contributed by atoms with Crippen molar-refractivity contribution < 1.29 is 9.53 Å². The highest BCUT2D eigenvalue weighted by Crippen LogP contribution is 2.34. The van der Waals surface area contributed by atoms with Crippen LogP contribution in [0.2, 0.25) is 0 Å². The van der Waals surface area contributed by atoms with Gasteiger partial charge in [-0.15, -0.1) is 0 Å². The second kappa shape index (κ2) is 5.63. The lowest BCUT2D eigenvalue weighted by atomic mass is 9.92. The van der Waals surface area contributed by atoms with Crippen molar-refractivity contribution in [2.75, 3.05) is 11.9 Å². The highest BCUT2D eigenvalue weighted by molar-refractivity contribution is 9.10. The van der Waals surface area contributed by atoms with Gasteiger partial charge in [0.1, 0.15) is 5.75 Å². The first kappa shape index (κ1) is 13.1. The molecule has 0 saturated heterocycles. The zero-order chi connectivity index (χ0) is 13.9. The molecule has 0 fully saturated rings. The average Bonchev–Trinajstić information content (AvgIpc) is 2.49. The molecule has 0 aliphatic carbocycles. The Bertz CT molecular complexity index is 645. The molecule has 102 valence electrons. The summed E-state index contributed by atoms with van der Waals surface area (Å²) < 4.78 is 6.35. The van der Waals surface area contributed by atoms with E-state index in [4.69, 9.17) is 4.74 Å². The summed E-state index contributed by atoms with van der Waals surface area (Å²) in [6.45, 7) is 0.562. The largest absolute Gasteiger partial charge is 0.493 e. The lowest BCUT2D eigenvalue weighted by Crippen LogP contribution is -2.26. The molecule has 1 atom stereocenters. The molecular weight excluding hydrogens is 320 g/mol. The highest BCUT2D eigenvalue weighted by Gasteiger charge is 2.27. The van der Waals surface area contributed by atoms with Crippen molar-refractivity contribution in [3.8, 4) is 5.75 Å². The summed E-state index contributed by atoms with van der Waals surface area (Å²) in [6, 6.07) is 9.46. The lowest BCUT2D eigenvalue weighted by molar-refractivity contribution is -0.118. The van der Waals surface area contributed by atoms with E-state index in [-0.39, 0.29) is 11.8 Å². The number of amides is 1. The van der Waals surface area contributed by atoms with Crippen molar-refractivity contribution in [1.29, 1.82) is 0 Å². The fourth-order valence-corrected chi connectivity index (χ4v) is 2.66. The van der Waals surface area contributed by atoms with Crippen LogP contribution in [-0.4, -0.2) is 17.5 Å². The minimum absolute atomic E-state index is 0.0207. The first-order chi connectivity index (χ1) is 9.75. The number of halogens is 1. The molecule has 5 heteroatoms. The molecule has 1 aromatic heterocycles. The standard InChI is InChI=1S/C15H13BrN2O2/c16-12-9-17-7-5-13(12)18-15(19)11-6-8-20-14-4-2-1-3-10(11)14/h1-5,7,9,11H,6,8H2,(H,17,18,19). The molecule has 4 nitrogen and oxygen atoms in total. The number of aromatic nitrogens is 1. The van der Waals surface area contributed by atoms with Crippen molar-refractivity contribution in [1.82, 2.24) is 4.98 Å². The van der Waals surface area contributed by atoms with Gasteiger partial charge in [0.2, 0.25) is 5.91 Å². The van der Waals surface area contributed by atoms with Gasteiger partial charge in [-0.2, -0.15) is 0 Å². The van der Waals surface area contributed by atoms with Gasteiger partial charge in [-0.3, -0.25) is 9.78 Å². The Morgan fingerprint density at radius 3 is 3.05 bits per heavy atom. The minimum Gasteiger partial charge on any atom is -0.493 e. The molecule has 0 spiro atoms. The summed E-state index contributed by atoms with van der Waals surface area (Å²) in [4.78, 5) is 16.5. The molecular formula is C15H13BrN2O2. The monoisotopic (exact) mass is 332 g/mol. The van der Waals surface area contributed by atoms with Crippen LogP contribution in [0.15, 0.2) is 47.2 Å². The molecule has 0 bridgehead atoms. The number of carbonyl (C=O) groups excluding carboxylic acids is 1. The third-order valence-corrected chi connectivity index (χ3v) is 3.94. The van der Waals surface area contributed by atoms with Crippen LogP contribution in [0, 0.1) is 0 Å². The van der Waals surface area contributed by atoms with E-state index in [1.165, 1.54) is 0 Å². The van der Waals surface area contributed by atoms with E-state index in [2.05, 4.69) is 26.2 Å². The van der Waals surface area contributed by atoms with Crippen LogP contribution < -0.4 is 10.1 Å². The Hall–Kier alpha value is -1.88. The number of pyridine rings is 1. The van der Waals surface area contributed by atoms with Crippen LogP contribution in [-0.2, 0) is 4.79 Å². The lowest BCUT2D eigenvalue weighted by Gasteiger charge is -2.25. The topological polar surface area (TPSA) is 51.2 Å². The van der Waals surface area contributed by atoms with Gasteiger partial charge in [-0.1, -0.05) is 18.2 Å². The predicted molar refractivity (Wildman–Crippen MR) is 79.9 cm³/mol. The molecule has 0 saturated carbocycles. The van der Waals surface area contributed by atoms with Gasteiger partial charge in [0, 0.05) is 18.0 Å². The number of nitrogens with one attached hydrogen (secondary N) is 1. The number of para-hydroxylation sites is 1. The predicted octanol–water partition coefficient (Wildman–Crippen LogP) is 3.35. The quantitative estimate of drug-likeness (QED) is 0.917. The van der Waals surface area contributed by atoms with Crippen LogP contribution in [0.3, 0.4) is 0 Å². The van der Waals surface area contributed by atoms with Gasteiger partial charge >= 0.3 is 0 Å². The molecule has 1 amide bonds. The van der Waals surface area contributed by atoms with Crippen molar-refractivity contribution in [2.45, 2.75) is 12.3 Å². The number of rotatable bonds is 2. The fraction of sp³-hybridized carbons (Fsp3) is 0.200. The zero-order valence-corrected chi connectivity index (χ0v) is 12.3. The first-order valence-corrected chi connectivity index (χ1v) is 7.17. The van der Waals surface area contributed by atoms with E-state index >= 15 is 0 Å². The number of anilines is 1. The van der Waals surface area contributed by atoms with Gasteiger partial charge in [0.25, 0.3) is 0 Å². The van der Waals surface area contributed by atoms with Gasteiger partial charge in [0.05, 0.1) is 22.7 Å². The minimum atomic E-state index is -0.181. The number of carbonyl (C=O) groups is 1. The SMILES string of the molecule is O=C(Nc1ccncc1Br)C1CCOc2ccccc21. The van der Waals surface area contributed by atoms with Gasteiger partial charge < -0.3 is 10.1 Å². The van der Waals surface area contributed by atoms with Gasteiger partial charge in [-0.05, 0) is 34.5 Å². The van der Waals surface area contributed by atoms with Crippen LogP contribution in [0.25, 0.3) is 0 Å². The Balaban J connectivity index is 1.84. The van der Waals surface area contributed by atoms with Crippen LogP contribution >= 0.6 is 15.9 Å². The van der Waals surface area contributed by atoms with Gasteiger partial charge in [0.15, 0.2) is 0 Å². The van der Waals surface area contributed by atoms with Crippen molar-refractivity contribution >= 4 is 27.5 Å². The summed E-state index contributed by atoms with van der Waals surface area (Å²) in [7, 11) is 0. The molecule has 0 radical (unpaired) electrons. The number of hydrogen-bond donors (Lipinski definition) is 1. The molecule has 1 unspecified atom stereocenters. The third-order valence-electron chi connectivity index (χ3n) is 3.31. The number of nitrogens with zero attached hydrogens (tertiary/aromatic N) is 1. The second-order valence-electron chi connectivity index (χ2n) is 4.57. The fourth-order valence-electron chi connectivity index (χ4n) is 2.31. The van der Waals surface area contributed by atoms with E-state index in [9.17, 15) is 4.79 Å². The molecule has 1 aliphatic rings. The van der Waals surface area contributed by atoms with E-state index in [0.29, 0.717) is 13.0 Å². The number of ether oxygens (including phenoxy) is 1. The van der Waals surface area contributed by atoms with E-state index in [1.54, 1.807) is 18.5 Å². The number of benzene rings is 1. The van der Waals surface area contributed by atoms with Crippen molar-refractivity contribution in [3.63, 3.8) is 0 Å². The normalized spacial score (nSPS) is 16.9. The van der Waals surface area contributed by atoms with E-state index in [0.717, 1.165) is 21.5 Å². The van der Waals surface area contributed by atoms with Crippen LogP contribution in [0.4, 0.5) is 5.69 Å². The number of fused-ring (bicyclic) bond motifs is 1. The maximum atomic E-state index is 12.5. The molecule has 1 N–H and O–H groups in total. The average molecular weight is 333 g/mol. The van der Waals surface area contributed by atoms with Crippen molar-refractivity contribution in [2.24, 2.45) is 0 Å². The Kier molecular flexibility index (Phi) is 3.69. The molecule has 20 heavy (non-hydrogen) atoms. The van der Waals surface area contributed by atoms with E-state index in [1.807, 2.05) is 24.3 Å². The first-order valence-electron chi connectivity index (χ1n) is 6.38. The van der Waals surface area contributed by atoms with Gasteiger partial charge in [-0.25, -0.2) is 0 Å². The summed E-state index contributed by atoms with van der Waals surface area (Å²) in [5.74, 6) is 0.598. The summed E-state index contributed by atoms with van der Waals surface area (Å²) >= 11 is 3.38. The summed E-state index contributed by atoms with van der Waals surface area (Å²) in [6.07, 6.45) is 4.00. The summed E-state index contributed by atoms with van der Waals surface area (Å²) in [5.41, 5.74) is 1.68. The number of hydrogen-bond acceptors (Lipinski definition) is 3. The summed E-state index contributed by atoms with van der Waals surface area (Å²) in [5, 5.41) is 2.94. The third kappa shape index (κ3) is 2.54. The zero-order valence-electron chi connectivity index (χ0n) is 10.7. The highest BCUT2D eigenvalue weighted by atomic mass is 79.9. The maximum absolute atomic E-state index is 12.5. The Labute approximate surface area is 125 Å². The Morgan fingerprint density at radius 2 is 2.20 bits per heavy atom.